The molecule has 1 aromatic carbocycles. The van der Waals surface area contributed by atoms with Crippen LogP contribution in [0.3, 0.4) is 0 Å². The highest BCUT2D eigenvalue weighted by atomic mass is 32.2. The van der Waals surface area contributed by atoms with Crippen molar-refractivity contribution in [2.75, 3.05) is 12.9 Å². The SMILES string of the molecule is COC(C)(C)CCSc1ccc(CNC(C)(C)C)cc1. The predicted molar refractivity (Wildman–Crippen MR) is 89.5 cm³/mol. The summed E-state index contributed by atoms with van der Waals surface area (Å²) in [6.07, 6.45) is 1.06. The van der Waals surface area contributed by atoms with Gasteiger partial charge >= 0.3 is 0 Å². The highest BCUT2D eigenvalue weighted by Gasteiger charge is 2.15. The summed E-state index contributed by atoms with van der Waals surface area (Å²) in [7, 11) is 1.78. The lowest BCUT2D eigenvalue weighted by molar-refractivity contribution is 0.0207. The highest BCUT2D eigenvalue weighted by Crippen LogP contribution is 2.23. The lowest BCUT2D eigenvalue weighted by Crippen LogP contribution is -2.35. The van der Waals surface area contributed by atoms with Gasteiger partial charge in [-0.25, -0.2) is 0 Å². The molecule has 114 valence electrons. The van der Waals surface area contributed by atoms with Crippen LogP contribution in [0.15, 0.2) is 29.2 Å². The van der Waals surface area contributed by atoms with Gasteiger partial charge in [0.05, 0.1) is 5.60 Å². The first-order valence-corrected chi connectivity index (χ1v) is 8.22. The molecule has 0 saturated heterocycles. The Labute approximate surface area is 128 Å². The summed E-state index contributed by atoms with van der Waals surface area (Å²) in [6.45, 7) is 11.8. The van der Waals surface area contributed by atoms with Gasteiger partial charge in [-0.2, -0.15) is 0 Å². The zero-order chi connectivity index (χ0) is 15.2. The summed E-state index contributed by atoms with van der Waals surface area (Å²) in [5.41, 5.74) is 1.48. The topological polar surface area (TPSA) is 21.3 Å². The Kier molecular flexibility index (Phi) is 6.56. The maximum Gasteiger partial charge on any atom is 0.0630 e. The van der Waals surface area contributed by atoms with Gasteiger partial charge in [-0.1, -0.05) is 12.1 Å². The smallest absolute Gasteiger partial charge is 0.0630 e. The molecule has 0 fully saturated rings. The number of benzene rings is 1. The van der Waals surface area contributed by atoms with Crippen molar-refractivity contribution in [3.63, 3.8) is 0 Å². The van der Waals surface area contributed by atoms with Crippen molar-refractivity contribution in [2.24, 2.45) is 0 Å². The Morgan fingerprint density at radius 2 is 1.65 bits per heavy atom. The second-order valence-corrected chi connectivity index (χ2v) is 7.98. The largest absolute Gasteiger partial charge is 0.379 e. The van der Waals surface area contributed by atoms with Gasteiger partial charge in [-0.15, -0.1) is 11.8 Å². The number of hydrogen-bond donors (Lipinski definition) is 1. The van der Waals surface area contributed by atoms with Crippen LogP contribution >= 0.6 is 11.8 Å². The molecule has 0 aliphatic heterocycles. The summed E-state index contributed by atoms with van der Waals surface area (Å²) in [6, 6.07) is 8.85. The normalized spacial score (nSPS) is 12.7. The van der Waals surface area contributed by atoms with Crippen LogP contribution in [-0.2, 0) is 11.3 Å². The zero-order valence-corrected chi connectivity index (χ0v) is 14.6. The van der Waals surface area contributed by atoms with Gasteiger partial charge in [0.1, 0.15) is 0 Å². The maximum absolute atomic E-state index is 5.44. The van der Waals surface area contributed by atoms with E-state index in [9.17, 15) is 0 Å². The van der Waals surface area contributed by atoms with E-state index in [4.69, 9.17) is 4.74 Å². The highest BCUT2D eigenvalue weighted by molar-refractivity contribution is 7.99. The summed E-state index contributed by atoms with van der Waals surface area (Å²) in [4.78, 5) is 1.33. The molecule has 0 amide bonds. The van der Waals surface area contributed by atoms with Crippen LogP contribution in [-0.4, -0.2) is 24.0 Å². The molecule has 0 unspecified atom stereocenters. The van der Waals surface area contributed by atoms with E-state index in [1.54, 1.807) is 7.11 Å². The Morgan fingerprint density at radius 3 is 2.15 bits per heavy atom. The molecule has 1 rings (SSSR count). The van der Waals surface area contributed by atoms with E-state index < -0.39 is 0 Å². The molecule has 2 nitrogen and oxygen atoms in total. The molecule has 20 heavy (non-hydrogen) atoms. The molecule has 1 N–H and O–H groups in total. The number of nitrogens with one attached hydrogen (secondary N) is 1. The summed E-state index contributed by atoms with van der Waals surface area (Å²) in [5.74, 6) is 1.08. The number of hydrogen-bond acceptors (Lipinski definition) is 3. The number of methoxy groups -OCH3 is 1. The number of thioether (sulfide) groups is 1. The average Bonchev–Trinajstić information content (AvgIpc) is 2.37. The van der Waals surface area contributed by atoms with Gasteiger partial charge in [0.15, 0.2) is 0 Å². The zero-order valence-electron chi connectivity index (χ0n) is 13.7. The Balaban J connectivity index is 2.39. The molecular weight excluding hydrogens is 266 g/mol. The van der Waals surface area contributed by atoms with Crippen molar-refractivity contribution in [1.82, 2.24) is 5.32 Å². The molecule has 0 heterocycles. The van der Waals surface area contributed by atoms with Crippen LogP contribution < -0.4 is 5.32 Å². The van der Waals surface area contributed by atoms with Gasteiger partial charge in [0.2, 0.25) is 0 Å². The lowest BCUT2D eigenvalue weighted by Gasteiger charge is -2.22. The first-order valence-electron chi connectivity index (χ1n) is 7.24. The van der Waals surface area contributed by atoms with Crippen molar-refractivity contribution in [3.05, 3.63) is 29.8 Å². The van der Waals surface area contributed by atoms with E-state index in [-0.39, 0.29) is 11.1 Å². The van der Waals surface area contributed by atoms with Crippen molar-refractivity contribution < 1.29 is 4.74 Å². The first-order chi connectivity index (χ1) is 9.22. The Bertz CT molecular complexity index is 392. The minimum absolute atomic E-state index is 0.0242. The Morgan fingerprint density at radius 1 is 1.05 bits per heavy atom. The van der Waals surface area contributed by atoms with Gasteiger partial charge < -0.3 is 10.1 Å². The van der Waals surface area contributed by atoms with E-state index in [1.165, 1.54) is 10.5 Å². The fraction of sp³-hybridized carbons (Fsp3) is 0.647. The van der Waals surface area contributed by atoms with Gasteiger partial charge in [-0.05, 0) is 58.7 Å². The molecule has 0 saturated carbocycles. The van der Waals surface area contributed by atoms with E-state index in [0.717, 1.165) is 18.7 Å². The molecule has 1 aromatic rings. The molecule has 3 heteroatoms. The van der Waals surface area contributed by atoms with E-state index in [0.29, 0.717) is 0 Å². The van der Waals surface area contributed by atoms with Crippen LogP contribution in [0.1, 0.15) is 46.6 Å². The summed E-state index contributed by atoms with van der Waals surface area (Å²) < 4.78 is 5.44. The molecule has 0 aromatic heterocycles. The van der Waals surface area contributed by atoms with E-state index >= 15 is 0 Å². The molecular formula is C17H29NOS. The van der Waals surface area contributed by atoms with Crippen LogP contribution in [0.5, 0.6) is 0 Å². The standard InChI is InChI=1S/C17H29NOS/c1-16(2,3)18-13-14-7-9-15(10-8-14)20-12-11-17(4,5)19-6/h7-10,18H,11-13H2,1-6H3. The van der Waals surface area contributed by atoms with Crippen molar-refractivity contribution in [1.29, 1.82) is 0 Å². The third kappa shape index (κ3) is 7.32. The Hall–Kier alpha value is -0.510. The fourth-order valence-corrected chi connectivity index (χ4v) is 2.75. The van der Waals surface area contributed by atoms with Gasteiger partial charge in [-0.3, -0.25) is 0 Å². The number of ether oxygens (including phenoxy) is 1. The first kappa shape index (κ1) is 17.5. The quantitative estimate of drug-likeness (QED) is 0.749. The molecule has 0 spiro atoms. The van der Waals surface area contributed by atoms with Gasteiger partial charge in [0, 0.05) is 29.8 Å². The molecule has 0 bridgehead atoms. The second kappa shape index (κ2) is 7.48. The monoisotopic (exact) mass is 295 g/mol. The lowest BCUT2D eigenvalue weighted by atomic mass is 10.1. The van der Waals surface area contributed by atoms with Crippen molar-refractivity contribution >= 4 is 11.8 Å². The van der Waals surface area contributed by atoms with Crippen molar-refractivity contribution in [3.8, 4) is 0 Å². The molecule has 0 atom stereocenters. The molecule has 0 aliphatic carbocycles. The second-order valence-electron chi connectivity index (χ2n) is 6.81. The molecule has 0 aliphatic rings. The average molecular weight is 295 g/mol. The van der Waals surface area contributed by atoms with E-state index in [1.807, 2.05) is 11.8 Å². The molecule has 0 radical (unpaired) electrons. The third-order valence-electron chi connectivity index (χ3n) is 3.27. The third-order valence-corrected chi connectivity index (χ3v) is 4.29. The fourth-order valence-electron chi connectivity index (χ4n) is 1.59. The maximum atomic E-state index is 5.44. The summed E-state index contributed by atoms with van der Waals surface area (Å²) >= 11 is 1.89. The van der Waals surface area contributed by atoms with Crippen LogP contribution in [0, 0.1) is 0 Å². The van der Waals surface area contributed by atoms with Gasteiger partial charge in [0.25, 0.3) is 0 Å². The minimum atomic E-state index is -0.0242. The predicted octanol–water partition coefficient (Wildman–Crippen LogP) is 4.48. The van der Waals surface area contributed by atoms with E-state index in [2.05, 4.69) is 64.2 Å². The van der Waals surface area contributed by atoms with Crippen molar-refractivity contribution in [2.45, 2.75) is 63.6 Å². The minimum Gasteiger partial charge on any atom is -0.379 e. The number of rotatable bonds is 7. The van der Waals surface area contributed by atoms with Crippen LogP contribution in [0.2, 0.25) is 0 Å². The summed E-state index contributed by atoms with van der Waals surface area (Å²) in [5, 5.41) is 3.50. The van der Waals surface area contributed by atoms with Crippen LogP contribution in [0.25, 0.3) is 0 Å². The van der Waals surface area contributed by atoms with Crippen LogP contribution in [0.4, 0.5) is 0 Å².